The molecule has 0 amide bonds. The molecule has 2 aromatic carbocycles. The van der Waals surface area contributed by atoms with Crippen molar-refractivity contribution < 1.29 is 19.4 Å². The summed E-state index contributed by atoms with van der Waals surface area (Å²) in [5.41, 5.74) is 2.13. The zero-order valence-electron chi connectivity index (χ0n) is 21.6. The first kappa shape index (κ1) is 28.6. The number of carboxylic acids is 1. The molecule has 4 nitrogen and oxygen atoms in total. The fourth-order valence-corrected chi connectivity index (χ4v) is 4.34. The lowest BCUT2D eigenvalue weighted by molar-refractivity contribution is -0.134. The normalized spacial score (nSPS) is 10.9. The van der Waals surface area contributed by atoms with Gasteiger partial charge >= 0.3 is 11.9 Å². The summed E-state index contributed by atoms with van der Waals surface area (Å²) in [5, 5.41) is 9.00. The van der Waals surface area contributed by atoms with E-state index < -0.39 is 5.97 Å². The lowest BCUT2D eigenvalue weighted by Crippen LogP contribution is -2.07. The van der Waals surface area contributed by atoms with Gasteiger partial charge in [-0.3, -0.25) is 4.79 Å². The smallest absolute Gasteiger partial charge is 0.335 e. The molecular formula is C31H44O4. The molecule has 0 heterocycles. The van der Waals surface area contributed by atoms with E-state index in [1.54, 1.807) is 36.4 Å². The standard InChI is InChI=1S/C31H44O4/c1-2-3-4-5-6-7-8-9-10-11-12-13-14-15-16-17-30(32)35-29-24-22-27(23-25-29)26-18-20-28(21-19-26)31(33)34/h18-25H,2-17H2,1H3,(H,33,34). The zero-order chi connectivity index (χ0) is 25.1. The molecule has 2 aromatic rings. The summed E-state index contributed by atoms with van der Waals surface area (Å²) in [4.78, 5) is 23.1. The summed E-state index contributed by atoms with van der Waals surface area (Å²) < 4.78 is 5.46. The van der Waals surface area contributed by atoms with Crippen LogP contribution in [0.2, 0.25) is 0 Å². The second-order valence-corrected chi connectivity index (χ2v) is 9.58. The molecule has 0 unspecified atom stereocenters. The van der Waals surface area contributed by atoms with Gasteiger partial charge in [-0.2, -0.15) is 0 Å². The van der Waals surface area contributed by atoms with Gasteiger partial charge in [0.1, 0.15) is 5.75 Å². The largest absolute Gasteiger partial charge is 0.478 e. The fraction of sp³-hybridized carbons (Fsp3) is 0.548. The Morgan fingerprint density at radius 3 is 1.43 bits per heavy atom. The van der Waals surface area contributed by atoms with Crippen molar-refractivity contribution in [2.75, 3.05) is 0 Å². The average Bonchev–Trinajstić information content (AvgIpc) is 2.87. The van der Waals surface area contributed by atoms with E-state index in [-0.39, 0.29) is 11.5 Å². The van der Waals surface area contributed by atoms with E-state index in [2.05, 4.69) is 6.92 Å². The first-order chi connectivity index (χ1) is 17.1. The monoisotopic (exact) mass is 480 g/mol. The minimum atomic E-state index is -0.937. The van der Waals surface area contributed by atoms with Crippen molar-refractivity contribution >= 4 is 11.9 Å². The molecule has 4 heteroatoms. The highest BCUT2D eigenvalue weighted by atomic mass is 16.5. The zero-order valence-corrected chi connectivity index (χ0v) is 21.6. The summed E-state index contributed by atoms with van der Waals surface area (Å²) in [5.74, 6) is -0.576. The van der Waals surface area contributed by atoms with Gasteiger partial charge in [0.15, 0.2) is 0 Å². The number of benzene rings is 2. The predicted molar refractivity (Wildman–Crippen MR) is 144 cm³/mol. The van der Waals surface area contributed by atoms with Crippen LogP contribution < -0.4 is 4.74 Å². The highest BCUT2D eigenvalue weighted by Gasteiger charge is 2.07. The third-order valence-electron chi connectivity index (χ3n) is 6.54. The van der Waals surface area contributed by atoms with Crippen LogP contribution in [0.15, 0.2) is 48.5 Å². The van der Waals surface area contributed by atoms with E-state index >= 15 is 0 Å². The summed E-state index contributed by atoms with van der Waals surface area (Å²) in [6, 6.07) is 14.1. The maximum absolute atomic E-state index is 12.1. The Bertz CT molecular complexity index is 839. The minimum Gasteiger partial charge on any atom is -0.478 e. The number of ether oxygens (including phenoxy) is 1. The van der Waals surface area contributed by atoms with Gasteiger partial charge in [0.25, 0.3) is 0 Å². The van der Waals surface area contributed by atoms with E-state index in [4.69, 9.17) is 9.84 Å². The van der Waals surface area contributed by atoms with Crippen LogP contribution in [0.4, 0.5) is 0 Å². The second-order valence-electron chi connectivity index (χ2n) is 9.58. The SMILES string of the molecule is CCCCCCCCCCCCCCCCCC(=O)Oc1ccc(-c2ccc(C(=O)O)cc2)cc1. The third kappa shape index (κ3) is 12.6. The van der Waals surface area contributed by atoms with Gasteiger partial charge in [-0.25, -0.2) is 4.79 Å². The molecule has 35 heavy (non-hydrogen) atoms. The lowest BCUT2D eigenvalue weighted by atomic mass is 10.0. The third-order valence-corrected chi connectivity index (χ3v) is 6.54. The number of carboxylic acid groups (broad SMARTS) is 1. The van der Waals surface area contributed by atoms with Gasteiger partial charge < -0.3 is 9.84 Å². The van der Waals surface area contributed by atoms with E-state index in [1.807, 2.05) is 12.1 Å². The Labute approximate surface area is 212 Å². The summed E-state index contributed by atoms with van der Waals surface area (Å²) in [7, 11) is 0. The van der Waals surface area contributed by atoms with Crippen molar-refractivity contribution in [3.8, 4) is 16.9 Å². The van der Waals surface area contributed by atoms with Crippen LogP contribution in [0.5, 0.6) is 5.75 Å². The Morgan fingerprint density at radius 1 is 0.600 bits per heavy atom. The first-order valence-corrected chi connectivity index (χ1v) is 13.7. The molecule has 0 aromatic heterocycles. The molecule has 0 aliphatic rings. The molecule has 0 bridgehead atoms. The number of aromatic carboxylic acids is 1. The van der Waals surface area contributed by atoms with Crippen LogP contribution in [-0.2, 0) is 4.79 Å². The summed E-state index contributed by atoms with van der Waals surface area (Å²) in [6.45, 7) is 2.27. The van der Waals surface area contributed by atoms with E-state index in [0.29, 0.717) is 12.2 Å². The quantitative estimate of drug-likeness (QED) is 0.124. The van der Waals surface area contributed by atoms with Gasteiger partial charge in [-0.05, 0) is 41.8 Å². The van der Waals surface area contributed by atoms with Crippen molar-refractivity contribution in [2.24, 2.45) is 0 Å². The maximum Gasteiger partial charge on any atom is 0.335 e. The van der Waals surface area contributed by atoms with E-state index in [9.17, 15) is 9.59 Å². The number of carbonyl (C=O) groups is 2. The topological polar surface area (TPSA) is 63.6 Å². The number of rotatable bonds is 19. The van der Waals surface area contributed by atoms with Crippen molar-refractivity contribution in [2.45, 2.75) is 110 Å². The van der Waals surface area contributed by atoms with E-state index in [1.165, 1.54) is 83.5 Å². The Morgan fingerprint density at radius 2 is 1.00 bits per heavy atom. The van der Waals surface area contributed by atoms with Crippen molar-refractivity contribution in [1.29, 1.82) is 0 Å². The van der Waals surface area contributed by atoms with Crippen molar-refractivity contribution in [1.82, 2.24) is 0 Å². The second kappa shape index (κ2) is 17.8. The fourth-order valence-electron chi connectivity index (χ4n) is 4.34. The molecule has 1 N–H and O–H groups in total. The Balaban J connectivity index is 1.47. The molecule has 192 valence electrons. The predicted octanol–water partition coefficient (Wildman–Crippen LogP) is 9.22. The molecule has 0 spiro atoms. The van der Waals surface area contributed by atoms with Crippen LogP contribution in [0, 0.1) is 0 Å². The first-order valence-electron chi connectivity index (χ1n) is 13.7. The highest BCUT2D eigenvalue weighted by molar-refractivity contribution is 5.88. The summed E-state index contributed by atoms with van der Waals surface area (Å²) in [6.07, 6.45) is 20.1. The van der Waals surface area contributed by atoms with Gasteiger partial charge in [0.05, 0.1) is 5.56 Å². The molecule has 0 aliphatic carbocycles. The van der Waals surface area contributed by atoms with Crippen LogP contribution in [0.3, 0.4) is 0 Å². The van der Waals surface area contributed by atoms with Gasteiger partial charge in [0, 0.05) is 6.42 Å². The molecule has 0 atom stereocenters. The van der Waals surface area contributed by atoms with Crippen LogP contribution >= 0.6 is 0 Å². The van der Waals surface area contributed by atoms with Gasteiger partial charge in [-0.1, -0.05) is 121 Å². The summed E-state index contributed by atoms with van der Waals surface area (Å²) >= 11 is 0. The number of carbonyl (C=O) groups excluding carboxylic acids is 1. The number of hydrogen-bond acceptors (Lipinski definition) is 3. The van der Waals surface area contributed by atoms with Crippen LogP contribution in [0.1, 0.15) is 120 Å². The molecule has 2 rings (SSSR count). The molecule has 0 radical (unpaired) electrons. The Kier molecular flexibility index (Phi) is 14.5. The van der Waals surface area contributed by atoms with Crippen LogP contribution in [0.25, 0.3) is 11.1 Å². The van der Waals surface area contributed by atoms with Crippen molar-refractivity contribution in [3.05, 3.63) is 54.1 Å². The maximum atomic E-state index is 12.1. The number of hydrogen-bond donors (Lipinski definition) is 1. The molecule has 0 fully saturated rings. The average molecular weight is 481 g/mol. The molecular weight excluding hydrogens is 436 g/mol. The molecule has 0 saturated heterocycles. The lowest BCUT2D eigenvalue weighted by Gasteiger charge is -2.07. The van der Waals surface area contributed by atoms with Crippen LogP contribution in [-0.4, -0.2) is 17.0 Å². The van der Waals surface area contributed by atoms with Gasteiger partial charge in [-0.15, -0.1) is 0 Å². The van der Waals surface area contributed by atoms with E-state index in [0.717, 1.165) is 24.0 Å². The minimum absolute atomic E-state index is 0.182. The Hall–Kier alpha value is -2.62. The van der Waals surface area contributed by atoms with Crippen molar-refractivity contribution in [3.63, 3.8) is 0 Å². The number of esters is 1. The van der Waals surface area contributed by atoms with Gasteiger partial charge in [0.2, 0.25) is 0 Å². The molecule has 0 aliphatic heterocycles. The molecule has 0 saturated carbocycles. The highest BCUT2D eigenvalue weighted by Crippen LogP contribution is 2.23. The number of unbranched alkanes of at least 4 members (excludes halogenated alkanes) is 14.